The van der Waals surface area contributed by atoms with Crippen molar-refractivity contribution in [3.8, 4) is 0 Å². The minimum atomic E-state index is -0.690. The number of Topliss-reactive ketones (excluding diaryl/α,β-unsaturated/α-hetero) is 1. The molecule has 122 valence electrons. The highest BCUT2D eigenvalue weighted by Crippen LogP contribution is 2.40. The van der Waals surface area contributed by atoms with Gasteiger partial charge >= 0.3 is 0 Å². The van der Waals surface area contributed by atoms with Crippen LogP contribution < -0.4 is 4.90 Å². The maximum Gasteiger partial charge on any atom is 0.295 e. The fourth-order valence-electron chi connectivity index (χ4n) is 2.78. The van der Waals surface area contributed by atoms with Crippen LogP contribution in [0.15, 0.2) is 58.4 Å². The summed E-state index contributed by atoms with van der Waals surface area (Å²) in [6.45, 7) is 3.30. The van der Waals surface area contributed by atoms with E-state index in [0.717, 1.165) is 15.6 Å². The summed E-state index contributed by atoms with van der Waals surface area (Å²) < 4.78 is 0.772. The topological polar surface area (TPSA) is 70.5 Å². The van der Waals surface area contributed by atoms with Crippen LogP contribution >= 0.6 is 15.9 Å². The Hall–Kier alpha value is -2.47. The number of aromatic nitrogens is 1. The number of ketones is 1. The molecule has 2 heterocycles. The van der Waals surface area contributed by atoms with Crippen LogP contribution in [-0.4, -0.2) is 21.8 Å². The number of anilines is 1. The normalized spacial score (nSPS) is 17.5. The van der Waals surface area contributed by atoms with Gasteiger partial charge in [-0.2, -0.15) is 0 Å². The fraction of sp³-hybridized carbons (Fsp3) is 0.167. The van der Waals surface area contributed by atoms with Crippen LogP contribution in [0.4, 0.5) is 5.82 Å². The maximum atomic E-state index is 12.6. The third kappa shape index (κ3) is 2.73. The first-order chi connectivity index (χ1) is 11.4. The number of nitrogens with zero attached hydrogens (tertiary/aromatic N) is 2. The highest BCUT2D eigenvalue weighted by molar-refractivity contribution is 9.10. The predicted molar refractivity (Wildman–Crippen MR) is 93.7 cm³/mol. The summed E-state index contributed by atoms with van der Waals surface area (Å²) in [5, 5.41) is 10.2. The number of aliphatic hydroxyl groups is 1. The zero-order chi connectivity index (χ0) is 17.4. The smallest absolute Gasteiger partial charge is 0.295 e. The number of benzene rings is 1. The first kappa shape index (κ1) is 16.4. The molecule has 6 heteroatoms. The molecule has 0 saturated heterocycles. The monoisotopic (exact) mass is 386 g/mol. The Kier molecular flexibility index (Phi) is 4.24. The van der Waals surface area contributed by atoms with E-state index in [1.54, 1.807) is 18.3 Å². The van der Waals surface area contributed by atoms with Gasteiger partial charge in [0.05, 0.1) is 11.6 Å². The number of carbonyl (C=O) groups is 2. The SMILES string of the molecule is CC(=O)C1=C(O)C(=O)N(c2ccc(Br)cn2)[C@H]1c1ccc(C)cc1. The fourth-order valence-corrected chi connectivity index (χ4v) is 3.01. The minimum Gasteiger partial charge on any atom is -0.503 e. The Bertz CT molecular complexity index is 842. The molecule has 2 aromatic rings. The molecule has 3 rings (SSSR count). The van der Waals surface area contributed by atoms with E-state index in [4.69, 9.17) is 0 Å². The van der Waals surface area contributed by atoms with Crippen molar-refractivity contribution in [3.63, 3.8) is 0 Å². The van der Waals surface area contributed by atoms with Gasteiger partial charge in [-0.3, -0.25) is 14.5 Å². The van der Waals surface area contributed by atoms with Crippen molar-refractivity contribution in [2.45, 2.75) is 19.9 Å². The average molecular weight is 387 g/mol. The van der Waals surface area contributed by atoms with Gasteiger partial charge in [-0.05, 0) is 47.5 Å². The Morgan fingerprint density at radius 1 is 1.21 bits per heavy atom. The summed E-state index contributed by atoms with van der Waals surface area (Å²) >= 11 is 3.30. The van der Waals surface area contributed by atoms with Crippen LogP contribution in [-0.2, 0) is 9.59 Å². The lowest BCUT2D eigenvalue weighted by Crippen LogP contribution is -2.31. The third-order valence-electron chi connectivity index (χ3n) is 3.94. The van der Waals surface area contributed by atoms with Gasteiger partial charge in [-0.1, -0.05) is 29.8 Å². The molecule has 1 aromatic heterocycles. The van der Waals surface area contributed by atoms with Gasteiger partial charge in [0.2, 0.25) is 0 Å². The quantitative estimate of drug-likeness (QED) is 0.873. The Morgan fingerprint density at radius 3 is 2.42 bits per heavy atom. The molecular weight excluding hydrogens is 372 g/mol. The van der Waals surface area contributed by atoms with E-state index in [0.29, 0.717) is 5.82 Å². The first-order valence-corrected chi connectivity index (χ1v) is 8.15. The molecule has 1 N–H and O–H groups in total. The molecule has 24 heavy (non-hydrogen) atoms. The van der Waals surface area contributed by atoms with E-state index in [1.807, 2.05) is 31.2 Å². The first-order valence-electron chi connectivity index (χ1n) is 7.36. The van der Waals surface area contributed by atoms with Gasteiger partial charge in [0.25, 0.3) is 5.91 Å². The number of aliphatic hydroxyl groups excluding tert-OH is 1. The molecule has 5 nitrogen and oxygen atoms in total. The molecule has 1 atom stereocenters. The van der Waals surface area contributed by atoms with Gasteiger partial charge in [-0.15, -0.1) is 0 Å². The number of halogens is 1. The van der Waals surface area contributed by atoms with Crippen molar-refractivity contribution in [2.75, 3.05) is 4.90 Å². The third-order valence-corrected chi connectivity index (χ3v) is 4.41. The summed E-state index contributed by atoms with van der Waals surface area (Å²) in [6.07, 6.45) is 1.57. The van der Waals surface area contributed by atoms with Crippen LogP contribution in [0.2, 0.25) is 0 Å². The second-order valence-corrected chi connectivity index (χ2v) is 6.56. The van der Waals surface area contributed by atoms with E-state index in [1.165, 1.54) is 11.8 Å². The zero-order valence-electron chi connectivity index (χ0n) is 13.2. The molecule has 0 aliphatic carbocycles. The van der Waals surface area contributed by atoms with Crippen LogP contribution in [0.1, 0.15) is 24.1 Å². The summed E-state index contributed by atoms with van der Waals surface area (Å²) in [6, 6.07) is 10.2. The number of hydrogen-bond donors (Lipinski definition) is 1. The van der Waals surface area contributed by atoms with Crippen LogP contribution in [0.5, 0.6) is 0 Å². The second-order valence-electron chi connectivity index (χ2n) is 5.64. The predicted octanol–water partition coefficient (Wildman–Crippen LogP) is 3.64. The lowest BCUT2D eigenvalue weighted by molar-refractivity contribution is -0.117. The molecule has 1 amide bonds. The van der Waals surface area contributed by atoms with Gasteiger partial charge in [0.1, 0.15) is 5.82 Å². The summed E-state index contributed by atoms with van der Waals surface area (Å²) in [4.78, 5) is 30.2. The van der Waals surface area contributed by atoms with Crippen molar-refractivity contribution in [1.82, 2.24) is 4.98 Å². The van der Waals surface area contributed by atoms with Gasteiger partial charge in [0, 0.05) is 10.7 Å². The molecule has 0 fully saturated rings. The van der Waals surface area contributed by atoms with Crippen molar-refractivity contribution in [1.29, 1.82) is 0 Å². The van der Waals surface area contributed by atoms with Crippen LogP contribution in [0, 0.1) is 6.92 Å². The molecule has 0 spiro atoms. The van der Waals surface area contributed by atoms with E-state index in [-0.39, 0.29) is 11.4 Å². The second kappa shape index (κ2) is 6.20. The zero-order valence-corrected chi connectivity index (χ0v) is 14.7. The number of carbonyl (C=O) groups excluding carboxylic acids is 2. The molecule has 0 unspecified atom stereocenters. The van der Waals surface area contributed by atoms with Crippen molar-refractivity contribution in [2.24, 2.45) is 0 Å². The molecule has 0 saturated carbocycles. The van der Waals surface area contributed by atoms with Gasteiger partial charge in [0.15, 0.2) is 11.5 Å². The highest BCUT2D eigenvalue weighted by Gasteiger charge is 2.43. The van der Waals surface area contributed by atoms with Crippen molar-refractivity contribution < 1.29 is 14.7 Å². The largest absolute Gasteiger partial charge is 0.503 e. The Labute approximate surface area is 147 Å². The Morgan fingerprint density at radius 2 is 1.88 bits per heavy atom. The molecular formula is C18H15BrN2O3. The number of rotatable bonds is 3. The minimum absolute atomic E-state index is 0.0913. The van der Waals surface area contributed by atoms with E-state index >= 15 is 0 Å². The van der Waals surface area contributed by atoms with Crippen molar-refractivity contribution >= 4 is 33.4 Å². The molecule has 0 radical (unpaired) electrons. The van der Waals surface area contributed by atoms with Crippen molar-refractivity contribution in [3.05, 3.63) is 69.5 Å². The van der Waals surface area contributed by atoms with E-state index in [9.17, 15) is 14.7 Å². The summed E-state index contributed by atoms with van der Waals surface area (Å²) in [5.74, 6) is -1.11. The number of pyridine rings is 1. The summed E-state index contributed by atoms with van der Waals surface area (Å²) in [5.41, 5.74) is 1.90. The average Bonchev–Trinajstić information content (AvgIpc) is 2.81. The standard InChI is InChI=1S/C18H15BrN2O3/c1-10-3-5-12(6-4-10)16-15(11(2)22)17(23)18(24)21(16)14-8-7-13(19)9-20-14/h3-9,16,23H,1-2H3/t16-/m0/s1. The number of aryl methyl sites for hydroxylation is 1. The van der Waals surface area contributed by atoms with Crippen LogP contribution in [0.3, 0.4) is 0 Å². The Balaban J connectivity index is 2.16. The summed E-state index contributed by atoms with van der Waals surface area (Å²) in [7, 11) is 0. The molecule has 1 aliphatic rings. The molecule has 0 bridgehead atoms. The number of amides is 1. The van der Waals surface area contributed by atoms with Gasteiger partial charge < -0.3 is 5.11 Å². The van der Waals surface area contributed by atoms with Gasteiger partial charge in [-0.25, -0.2) is 4.98 Å². The highest BCUT2D eigenvalue weighted by atomic mass is 79.9. The maximum absolute atomic E-state index is 12.6. The van der Waals surface area contributed by atoms with Crippen LogP contribution in [0.25, 0.3) is 0 Å². The molecule has 1 aliphatic heterocycles. The molecule has 1 aromatic carbocycles. The lowest BCUT2D eigenvalue weighted by Gasteiger charge is -2.25. The van der Waals surface area contributed by atoms with E-state index in [2.05, 4.69) is 20.9 Å². The lowest BCUT2D eigenvalue weighted by atomic mass is 9.96. The van der Waals surface area contributed by atoms with E-state index < -0.39 is 17.7 Å². The number of hydrogen-bond acceptors (Lipinski definition) is 4.